The van der Waals surface area contributed by atoms with E-state index >= 15 is 0 Å². The molecule has 0 aliphatic carbocycles. The van der Waals surface area contributed by atoms with Crippen LogP contribution < -0.4 is 10.6 Å². The zero-order chi connectivity index (χ0) is 19.2. The summed E-state index contributed by atoms with van der Waals surface area (Å²) in [4.78, 5) is 11.8. The molecule has 0 saturated carbocycles. The molecule has 8 nitrogen and oxygen atoms in total. The Morgan fingerprint density at radius 2 is 2.36 bits per heavy atom. The molecular formula is C20H31N7O. The molecule has 0 bridgehead atoms. The quantitative estimate of drug-likeness (QED) is 0.554. The van der Waals surface area contributed by atoms with E-state index in [9.17, 15) is 0 Å². The topological polar surface area (TPSA) is 83.5 Å². The number of hydrogen-bond acceptors (Lipinski definition) is 5. The minimum atomic E-state index is 0.315. The molecule has 152 valence electrons. The first-order valence-corrected chi connectivity index (χ1v) is 10.5. The Morgan fingerprint density at radius 3 is 3.21 bits per heavy atom. The summed E-state index contributed by atoms with van der Waals surface area (Å²) in [5.41, 5.74) is 0. The molecule has 4 rings (SSSR count). The highest BCUT2D eigenvalue weighted by Crippen LogP contribution is 2.17. The molecule has 2 aromatic rings. The monoisotopic (exact) mass is 385 g/mol. The maximum Gasteiger partial charge on any atom is 0.191 e. The number of hydrogen-bond donors (Lipinski definition) is 2. The molecular weight excluding hydrogens is 354 g/mol. The maximum atomic E-state index is 5.44. The van der Waals surface area contributed by atoms with Gasteiger partial charge in [0.2, 0.25) is 0 Å². The lowest BCUT2D eigenvalue weighted by Gasteiger charge is -2.26. The second kappa shape index (κ2) is 9.23. The van der Waals surface area contributed by atoms with E-state index in [0.717, 1.165) is 63.0 Å². The van der Waals surface area contributed by atoms with Crippen molar-refractivity contribution in [1.29, 1.82) is 0 Å². The van der Waals surface area contributed by atoms with Gasteiger partial charge in [0, 0.05) is 31.5 Å². The van der Waals surface area contributed by atoms with Crippen LogP contribution in [0, 0.1) is 0 Å². The molecule has 2 N–H and O–H groups in total. The third-order valence-corrected chi connectivity index (χ3v) is 5.76. The van der Waals surface area contributed by atoms with Gasteiger partial charge in [0.25, 0.3) is 0 Å². The number of likely N-dealkylation sites (N-methyl/N-ethyl adjacent to an activating group) is 1. The van der Waals surface area contributed by atoms with Gasteiger partial charge < -0.3 is 15.1 Å². The molecule has 8 heteroatoms. The predicted octanol–water partition coefficient (Wildman–Crippen LogP) is 1.45. The average molecular weight is 386 g/mol. The molecule has 2 atom stereocenters. The number of nitrogens with one attached hydrogen (secondary N) is 2. The fourth-order valence-electron chi connectivity index (χ4n) is 4.18. The van der Waals surface area contributed by atoms with Crippen LogP contribution in [0.2, 0.25) is 0 Å². The van der Waals surface area contributed by atoms with Crippen LogP contribution in [0.1, 0.15) is 37.8 Å². The van der Waals surface area contributed by atoms with E-state index in [1.54, 1.807) is 12.6 Å². The average Bonchev–Trinajstić information content (AvgIpc) is 3.46. The van der Waals surface area contributed by atoms with Crippen LogP contribution in [-0.2, 0) is 19.4 Å². The normalized spacial score (nSPS) is 23.0. The lowest BCUT2D eigenvalue weighted by atomic mass is 10.1. The molecule has 4 heterocycles. The predicted molar refractivity (Wildman–Crippen MR) is 108 cm³/mol. The molecule has 0 spiro atoms. The van der Waals surface area contributed by atoms with Gasteiger partial charge in [0.1, 0.15) is 17.9 Å². The van der Waals surface area contributed by atoms with Crippen LogP contribution in [0.15, 0.2) is 34.1 Å². The van der Waals surface area contributed by atoms with Gasteiger partial charge in [0.15, 0.2) is 5.96 Å². The van der Waals surface area contributed by atoms with E-state index in [4.69, 9.17) is 9.41 Å². The first-order valence-electron chi connectivity index (χ1n) is 10.5. The van der Waals surface area contributed by atoms with Crippen LogP contribution in [0.25, 0.3) is 0 Å². The van der Waals surface area contributed by atoms with Crippen molar-refractivity contribution in [3.05, 3.63) is 36.3 Å². The summed E-state index contributed by atoms with van der Waals surface area (Å²) in [5.74, 6) is 2.96. The number of rotatable bonds is 7. The smallest absolute Gasteiger partial charge is 0.191 e. The van der Waals surface area contributed by atoms with Crippen molar-refractivity contribution in [1.82, 2.24) is 30.3 Å². The van der Waals surface area contributed by atoms with Gasteiger partial charge in [-0.1, -0.05) is 6.92 Å². The van der Waals surface area contributed by atoms with E-state index in [-0.39, 0.29) is 0 Å². The number of aryl methyl sites for hydroxylation is 1. The largest absolute Gasteiger partial charge is 0.469 e. The Kier molecular flexibility index (Phi) is 6.26. The zero-order valence-electron chi connectivity index (χ0n) is 16.7. The SMILES string of the molecule is CCN1CCCC1CN=C(NCCc1ccco1)NC1CCc2ncnn2C1. The molecule has 0 amide bonds. The summed E-state index contributed by atoms with van der Waals surface area (Å²) in [6.07, 6.45) is 8.72. The Morgan fingerprint density at radius 1 is 1.39 bits per heavy atom. The summed E-state index contributed by atoms with van der Waals surface area (Å²) in [7, 11) is 0. The van der Waals surface area contributed by atoms with Crippen LogP contribution in [0.3, 0.4) is 0 Å². The van der Waals surface area contributed by atoms with E-state index < -0.39 is 0 Å². The summed E-state index contributed by atoms with van der Waals surface area (Å²) < 4.78 is 7.44. The standard InChI is InChI=1S/C20H31N7O/c1-2-26-11-3-5-17(26)13-22-20(21-10-9-18-6-4-12-28-18)25-16-7-8-19-23-15-24-27(19)14-16/h4,6,12,15-17H,2-3,5,7-11,13-14H2,1H3,(H2,21,22,25). The van der Waals surface area contributed by atoms with Gasteiger partial charge in [0.05, 0.1) is 19.4 Å². The van der Waals surface area contributed by atoms with Crippen molar-refractivity contribution in [3.63, 3.8) is 0 Å². The first kappa shape index (κ1) is 19.0. The summed E-state index contributed by atoms with van der Waals surface area (Å²) in [5, 5.41) is 11.4. The molecule has 28 heavy (non-hydrogen) atoms. The second-order valence-electron chi connectivity index (χ2n) is 7.61. The fraction of sp³-hybridized carbons (Fsp3) is 0.650. The lowest BCUT2D eigenvalue weighted by molar-refractivity contribution is 0.272. The highest BCUT2D eigenvalue weighted by atomic mass is 16.3. The van der Waals surface area contributed by atoms with Crippen molar-refractivity contribution in [3.8, 4) is 0 Å². The number of nitrogens with zero attached hydrogens (tertiary/aromatic N) is 5. The van der Waals surface area contributed by atoms with Crippen LogP contribution in [-0.4, -0.2) is 63.9 Å². The van der Waals surface area contributed by atoms with Crippen molar-refractivity contribution < 1.29 is 4.42 Å². The van der Waals surface area contributed by atoms with Crippen LogP contribution in [0.4, 0.5) is 0 Å². The highest BCUT2D eigenvalue weighted by Gasteiger charge is 2.24. The highest BCUT2D eigenvalue weighted by molar-refractivity contribution is 5.80. The zero-order valence-corrected chi connectivity index (χ0v) is 16.7. The van der Waals surface area contributed by atoms with Crippen molar-refractivity contribution in [2.45, 2.75) is 57.7 Å². The number of guanidine groups is 1. The van der Waals surface area contributed by atoms with Gasteiger partial charge in [-0.3, -0.25) is 9.89 Å². The Labute approximate surface area is 166 Å². The van der Waals surface area contributed by atoms with Gasteiger partial charge in [-0.2, -0.15) is 5.10 Å². The molecule has 0 radical (unpaired) electrons. The maximum absolute atomic E-state index is 5.44. The number of furan rings is 1. The van der Waals surface area contributed by atoms with Gasteiger partial charge in [-0.05, 0) is 44.5 Å². The van der Waals surface area contributed by atoms with E-state index in [1.807, 2.05) is 16.8 Å². The van der Waals surface area contributed by atoms with Gasteiger partial charge in [-0.25, -0.2) is 9.67 Å². The third kappa shape index (κ3) is 4.73. The molecule has 1 fully saturated rings. The molecule has 2 aliphatic heterocycles. The first-order chi connectivity index (χ1) is 13.8. The third-order valence-electron chi connectivity index (χ3n) is 5.76. The van der Waals surface area contributed by atoms with Crippen molar-refractivity contribution in [2.75, 3.05) is 26.2 Å². The number of aromatic nitrogens is 3. The minimum absolute atomic E-state index is 0.315. The molecule has 0 aromatic carbocycles. The van der Waals surface area contributed by atoms with E-state index in [0.29, 0.717) is 12.1 Å². The van der Waals surface area contributed by atoms with Gasteiger partial charge in [-0.15, -0.1) is 0 Å². The summed E-state index contributed by atoms with van der Waals surface area (Å²) >= 11 is 0. The van der Waals surface area contributed by atoms with Crippen LogP contribution >= 0.6 is 0 Å². The second-order valence-corrected chi connectivity index (χ2v) is 7.61. The lowest BCUT2D eigenvalue weighted by Crippen LogP contribution is -2.48. The molecule has 2 aromatic heterocycles. The number of fused-ring (bicyclic) bond motifs is 1. The van der Waals surface area contributed by atoms with Gasteiger partial charge >= 0.3 is 0 Å². The van der Waals surface area contributed by atoms with Crippen LogP contribution in [0.5, 0.6) is 0 Å². The van der Waals surface area contributed by atoms with E-state index in [1.165, 1.54) is 19.4 Å². The van der Waals surface area contributed by atoms with E-state index in [2.05, 4.69) is 32.5 Å². The summed E-state index contributed by atoms with van der Waals surface area (Å²) in [6.45, 7) is 7.00. The molecule has 2 aliphatic rings. The molecule has 1 saturated heterocycles. The Hall–Kier alpha value is -2.35. The fourth-order valence-corrected chi connectivity index (χ4v) is 4.18. The number of likely N-dealkylation sites (tertiary alicyclic amines) is 1. The Balaban J connectivity index is 1.36. The Bertz CT molecular complexity index is 754. The van der Waals surface area contributed by atoms with Crippen molar-refractivity contribution in [2.24, 2.45) is 4.99 Å². The number of aliphatic imine (C=N–C) groups is 1. The minimum Gasteiger partial charge on any atom is -0.469 e. The molecule has 2 unspecified atom stereocenters. The van der Waals surface area contributed by atoms with Crippen molar-refractivity contribution >= 4 is 5.96 Å². The summed E-state index contributed by atoms with van der Waals surface area (Å²) in [6, 6.07) is 4.81.